The van der Waals surface area contributed by atoms with Crippen molar-refractivity contribution in [2.24, 2.45) is 0 Å². The van der Waals surface area contributed by atoms with Crippen LogP contribution in [0.25, 0.3) is 5.76 Å². The molecular weight excluding hydrogens is 541 g/mol. The number of amides is 1. The van der Waals surface area contributed by atoms with E-state index in [1.165, 1.54) is 50.7 Å². The summed E-state index contributed by atoms with van der Waals surface area (Å²) in [6, 6.07) is 9.17. The zero-order valence-corrected chi connectivity index (χ0v) is 22.7. The second-order valence-corrected chi connectivity index (χ2v) is 9.69. The van der Waals surface area contributed by atoms with Crippen LogP contribution in [0.2, 0.25) is 10.0 Å². The number of methoxy groups -OCH3 is 4. The molecule has 1 amide bonds. The lowest BCUT2D eigenvalue weighted by Gasteiger charge is -2.27. The summed E-state index contributed by atoms with van der Waals surface area (Å²) in [6.45, 7) is 0.130. The standard InChI is InChI=1S/C26H23Cl2NO7S/c1-33-17-9-5-8-14(23(17)34-2)20-18(22(31)26(32)29(20)12-13-7-6-10-37-13)21(30)15-11-16(27)25(36-4)19(28)24(15)35-3/h5-11,20,30H,12H2,1-4H3/b21-18+. The van der Waals surface area contributed by atoms with E-state index in [9.17, 15) is 14.7 Å². The Morgan fingerprint density at radius 3 is 2.27 bits per heavy atom. The van der Waals surface area contributed by atoms with Gasteiger partial charge in [0.1, 0.15) is 10.8 Å². The third-order valence-corrected chi connectivity index (χ3v) is 7.45. The summed E-state index contributed by atoms with van der Waals surface area (Å²) in [5.41, 5.74) is 0.298. The molecule has 1 unspecified atom stereocenters. The lowest BCUT2D eigenvalue weighted by molar-refractivity contribution is -0.140. The van der Waals surface area contributed by atoms with Gasteiger partial charge in [-0.15, -0.1) is 11.3 Å². The second-order valence-electron chi connectivity index (χ2n) is 7.88. The maximum absolute atomic E-state index is 13.5. The van der Waals surface area contributed by atoms with Gasteiger partial charge < -0.3 is 29.0 Å². The molecule has 1 saturated heterocycles. The van der Waals surface area contributed by atoms with E-state index < -0.39 is 23.5 Å². The number of benzene rings is 2. The molecule has 0 saturated carbocycles. The van der Waals surface area contributed by atoms with Crippen molar-refractivity contribution < 1.29 is 33.6 Å². The summed E-state index contributed by atoms with van der Waals surface area (Å²) in [7, 11) is 5.68. The van der Waals surface area contributed by atoms with Crippen molar-refractivity contribution in [2.45, 2.75) is 12.6 Å². The molecule has 2 aromatic carbocycles. The third kappa shape index (κ3) is 4.58. The van der Waals surface area contributed by atoms with E-state index in [0.29, 0.717) is 17.1 Å². The van der Waals surface area contributed by atoms with Crippen LogP contribution in [0, 0.1) is 0 Å². The van der Waals surface area contributed by atoms with Crippen LogP contribution in [0.1, 0.15) is 22.0 Å². The van der Waals surface area contributed by atoms with Crippen LogP contribution >= 0.6 is 34.5 Å². The Kier molecular flexibility index (Phi) is 7.87. The number of likely N-dealkylation sites (tertiary alicyclic amines) is 1. The molecule has 8 nitrogen and oxygen atoms in total. The van der Waals surface area contributed by atoms with Crippen molar-refractivity contribution in [3.05, 3.63) is 73.4 Å². The molecule has 1 aliphatic rings. The molecule has 0 spiro atoms. The van der Waals surface area contributed by atoms with Crippen LogP contribution in [-0.4, -0.2) is 50.1 Å². The first-order valence-corrected chi connectivity index (χ1v) is 12.5. The number of rotatable bonds is 8. The van der Waals surface area contributed by atoms with E-state index in [1.54, 1.807) is 18.2 Å². The molecule has 0 aliphatic carbocycles. The highest BCUT2D eigenvalue weighted by atomic mass is 35.5. The van der Waals surface area contributed by atoms with Gasteiger partial charge in [-0.3, -0.25) is 9.59 Å². The molecule has 1 N–H and O–H groups in total. The van der Waals surface area contributed by atoms with E-state index in [1.807, 2.05) is 17.5 Å². The highest BCUT2D eigenvalue weighted by molar-refractivity contribution is 7.09. The number of para-hydroxylation sites is 1. The fraction of sp³-hybridized carbons (Fsp3) is 0.231. The van der Waals surface area contributed by atoms with Gasteiger partial charge in [-0.1, -0.05) is 41.4 Å². The largest absolute Gasteiger partial charge is 0.507 e. The zero-order chi connectivity index (χ0) is 26.9. The minimum atomic E-state index is -1.02. The van der Waals surface area contributed by atoms with Crippen LogP contribution in [0.5, 0.6) is 23.0 Å². The van der Waals surface area contributed by atoms with E-state index in [0.717, 1.165) is 4.88 Å². The summed E-state index contributed by atoms with van der Waals surface area (Å²) >= 11 is 14.2. The van der Waals surface area contributed by atoms with Crippen LogP contribution in [0.15, 0.2) is 47.4 Å². The number of halogens is 2. The Labute approximate surface area is 227 Å². The number of hydrogen-bond donors (Lipinski definition) is 1. The molecule has 0 radical (unpaired) electrons. The molecule has 194 valence electrons. The summed E-state index contributed by atoms with van der Waals surface area (Å²) in [5, 5.41) is 13.5. The van der Waals surface area contributed by atoms with Gasteiger partial charge in [-0.05, 0) is 23.6 Å². The number of Topliss-reactive ketones (excluding diaryl/α,β-unsaturated/α-hetero) is 1. The molecule has 1 fully saturated rings. The average molecular weight is 564 g/mol. The lowest BCUT2D eigenvalue weighted by atomic mass is 9.94. The van der Waals surface area contributed by atoms with Crippen LogP contribution in [0.4, 0.5) is 0 Å². The van der Waals surface area contributed by atoms with Crippen molar-refractivity contribution in [1.82, 2.24) is 4.90 Å². The van der Waals surface area contributed by atoms with Crippen molar-refractivity contribution in [3.8, 4) is 23.0 Å². The second kappa shape index (κ2) is 10.9. The summed E-state index contributed by atoms with van der Waals surface area (Å²) in [4.78, 5) is 29.1. The first kappa shape index (κ1) is 26.7. The summed E-state index contributed by atoms with van der Waals surface area (Å²) < 4.78 is 21.7. The van der Waals surface area contributed by atoms with Gasteiger partial charge in [0.2, 0.25) is 0 Å². The van der Waals surface area contributed by atoms with Crippen molar-refractivity contribution in [3.63, 3.8) is 0 Å². The maximum Gasteiger partial charge on any atom is 0.295 e. The van der Waals surface area contributed by atoms with Crippen LogP contribution in [0.3, 0.4) is 0 Å². The predicted octanol–water partition coefficient (Wildman–Crippen LogP) is 5.71. The highest BCUT2D eigenvalue weighted by Crippen LogP contribution is 2.49. The number of aliphatic hydroxyl groups excluding tert-OH is 1. The molecular formula is C26H23Cl2NO7S. The van der Waals surface area contributed by atoms with E-state index in [4.69, 9.17) is 42.1 Å². The number of carbonyl (C=O) groups excluding carboxylic acids is 2. The topological polar surface area (TPSA) is 94.5 Å². The Morgan fingerprint density at radius 1 is 0.973 bits per heavy atom. The van der Waals surface area contributed by atoms with Gasteiger partial charge >= 0.3 is 0 Å². The summed E-state index contributed by atoms with van der Waals surface area (Å²) in [5.74, 6) is -1.29. The van der Waals surface area contributed by atoms with E-state index in [-0.39, 0.29) is 39.2 Å². The van der Waals surface area contributed by atoms with Gasteiger partial charge in [0, 0.05) is 10.4 Å². The van der Waals surface area contributed by atoms with Crippen LogP contribution < -0.4 is 18.9 Å². The van der Waals surface area contributed by atoms with Gasteiger partial charge in [0.15, 0.2) is 23.0 Å². The smallest absolute Gasteiger partial charge is 0.295 e. The number of ketones is 1. The summed E-state index contributed by atoms with van der Waals surface area (Å²) in [6.07, 6.45) is 0. The fourth-order valence-corrected chi connectivity index (χ4v) is 5.75. The number of carbonyl (C=O) groups is 2. The number of aliphatic hydroxyl groups is 1. The molecule has 11 heteroatoms. The normalized spacial score (nSPS) is 16.7. The number of hydrogen-bond acceptors (Lipinski definition) is 8. The Hall–Kier alpha value is -3.40. The molecule has 2 heterocycles. The minimum Gasteiger partial charge on any atom is -0.507 e. The maximum atomic E-state index is 13.5. The number of nitrogens with zero attached hydrogens (tertiary/aromatic N) is 1. The molecule has 3 aromatic rings. The van der Waals surface area contributed by atoms with Crippen molar-refractivity contribution in [2.75, 3.05) is 28.4 Å². The SMILES string of the molecule is COc1cccc(C2/C(=C(\O)c3cc(Cl)c(OC)c(Cl)c3OC)C(=O)C(=O)N2Cc2cccs2)c1OC. The third-order valence-electron chi connectivity index (χ3n) is 5.97. The van der Waals surface area contributed by atoms with Crippen LogP contribution in [-0.2, 0) is 16.1 Å². The van der Waals surface area contributed by atoms with Gasteiger partial charge in [0.25, 0.3) is 11.7 Å². The quantitative estimate of drug-likeness (QED) is 0.213. The first-order chi connectivity index (χ1) is 17.8. The number of thiophene rings is 1. The minimum absolute atomic E-state index is 0.00220. The number of ether oxygens (including phenoxy) is 4. The lowest BCUT2D eigenvalue weighted by Crippen LogP contribution is -2.29. The molecule has 1 atom stereocenters. The van der Waals surface area contributed by atoms with Crippen molar-refractivity contribution in [1.29, 1.82) is 0 Å². The average Bonchev–Trinajstić information content (AvgIpc) is 3.50. The fourth-order valence-electron chi connectivity index (χ4n) is 4.36. The molecule has 0 bridgehead atoms. The molecule has 1 aliphatic heterocycles. The monoisotopic (exact) mass is 563 g/mol. The predicted molar refractivity (Wildman–Crippen MR) is 141 cm³/mol. The van der Waals surface area contributed by atoms with Crippen molar-refractivity contribution >= 4 is 52.0 Å². The van der Waals surface area contributed by atoms with E-state index >= 15 is 0 Å². The molecule has 37 heavy (non-hydrogen) atoms. The molecule has 4 rings (SSSR count). The Balaban J connectivity index is 2.02. The highest BCUT2D eigenvalue weighted by Gasteiger charge is 2.48. The van der Waals surface area contributed by atoms with Gasteiger partial charge in [-0.2, -0.15) is 0 Å². The van der Waals surface area contributed by atoms with Gasteiger partial charge in [0.05, 0.1) is 57.2 Å². The first-order valence-electron chi connectivity index (χ1n) is 10.9. The van der Waals surface area contributed by atoms with Gasteiger partial charge in [-0.25, -0.2) is 0 Å². The van der Waals surface area contributed by atoms with E-state index in [2.05, 4.69) is 0 Å². The molecule has 1 aromatic heterocycles. The Morgan fingerprint density at radius 2 is 1.68 bits per heavy atom. The zero-order valence-electron chi connectivity index (χ0n) is 20.3. The Bertz CT molecular complexity index is 1390.